The molecule has 1 aromatic heterocycles. The Kier molecular flexibility index (Phi) is 3.26. The molecule has 20 heavy (non-hydrogen) atoms. The zero-order valence-electron chi connectivity index (χ0n) is 11.6. The third kappa shape index (κ3) is 2.71. The molecule has 0 aliphatic heterocycles. The number of anilines is 3. The Balaban J connectivity index is 1.91. The molecule has 0 saturated heterocycles. The predicted octanol–water partition coefficient (Wildman–Crippen LogP) is 3.59. The smallest absolute Gasteiger partial charge is 0.136 e. The van der Waals surface area contributed by atoms with Gasteiger partial charge in [-0.1, -0.05) is 0 Å². The van der Waals surface area contributed by atoms with Crippen LogP contribution < -0.4 is 10.6 Å². The third-order valence-electron chi connectivity index (χ3n) is 3.39. The molecule has 0 atom stereocenters. The number of nitrogens with one attached hydrogen (secondary N) is 2. The molecule has 1 saturated carbocycles. The number of hydrogen-bond acceptors (Lipinski definition) is 4. The molecule has 1 aliphatic rings. The van der Waals surface area contributed by atoms with Crippen LogP contribution in [0.4, 0.5) is 21.7 Å². The zero-order valence-corrected chi connectivity index (χ0v) is 11.6. The van der Waals surface area contributed by atoms with Crippen LogP contribution in [-0.4, -0.2) is 17.0 Å². The number of rotatable bonds is 4. The van der Waals surface area contributed by atoms with Crippen molar-refractivity contribution >= 4 is 17.3 Å². The van der Waals surface area contributed by atoms with E-state index in [0.29, 0.717) is 5.92 Å². The Bertz CT molecular complexity index is 638. The lowest BCUT2D eigenvalue weighted by atomic mass is 10.2. The van der Waals surface area contributed by atoms with Crippen molar-refractivity contribution in [3.8, 4) is 0 Å². The quantitative estimate of drug-likeness (QED) is 0.893. The van der Waals surface area contributed by atoms with Crippen molar-refractivity contribution < 1.29 is 4.39 Å². The third-order valence-corrected chi connectivity index (χ3v) is 3.39. The van der Waals surface area contributed by atoms with Crippen LogP contribution in [0.15, 0.2) is 24.3 Å². The van der Waals surface area contributed by atoms with Crippen molar-refractivity contribution in [2.75, 3.05) is 17.7 Å². The lowest BCUT2D eigenvalue weighted by Gasteiger charge is -2.11. The van der Waals surface area contributed by atoms with Crippen molar-refractivity contribution in [3.63, 3.8) is 0 Å². The van der Waals surface area contributed by atoms with Crippen LogP contribution in [-0.2, 0) is 0 Å². The van der Waals surface area contributed by atoms with Crippen molar-refractivity contribution in [1.29, 1.82) is 0 Å². The van der Waals surface area contributed by atoms with E-state index in [0.717, 1.165) is 41.6 Å². The summed E-state index contributed by atoms with van der Waals surface area (Å²) in [7, 11) is 1.84. The Morgan fingerprint density at radius 3 is 2.55 bits per heavy atom. The summed E-state index contributed by atoms with van der Waals surface area (Å²) in [5, 5.41) is 6.29. The first-order chi connectivity index (χ1) is 9.65. The summed E-state index contributed by atoms with van der Waals surface area (Å²) in [5.74, 6) is 2.66. The van der Waals surface area contributed by atoms with Gasteiger partial charge in [0.05, 0.1) is 0 Å². The molecule has 2 aromatic rings. The van der Waals surface area contributed by atoms with Crippen LogP contribution in [0.25, 0.3) is 0 Å². The van der Waals surface area contributed by atoms with E-state index >= 15 is 0 Å². The molecule has 4 nitrogen and oxygen atoms in total. The van der Waals surface area contributed by atoms with Crippen molar-refractivity contribution in [2.24, 2.45) is 0 Å². The summed E-state index contributed by atoms with van der Waals surface area (Å²) in [5.41, 5.74) is 1.71. The maximum absolute atomic E-state index is 13.1. The van der Waals surface area contributed by atoms with Crippen LogP contribution in [0.5, 0.6) is 0 Å². The molecule has 1 fully saturated rings. The van der Waals surface area contributed by atoms with Crippen LogP contribution >= 0.6 is 0 Å². The van der Waals surface area contributed by atoms with Gasteiger partial charge in [0.15, 0.2) is 0 Å². The zero-order chi connectivity index (χ0) is 14.1. The lowest BCUT2D eigenvalue weighted by Crippen LogP contribution is -2.03. The van der Waals surface area contributed by atoms with Gasteiger partial charge in [0.25, 0.3) is 0 Å². The Labute approximate surface area is 117 Å². The van der Waals surface area contributed by atoms with Gasteiger partial charge in [0, 0.05) is 24.7 Å². The molecule has 0 radical (unpaired) electrons. The molecule has 104 valence electrons. The first-order valence-electron chi connectivity index (χ1n) is 6.75. The van der Waals surface area contributed by atoms with E-state index in [1.807, 2.05) is 20.0 Å². The van der Waals surface area contributed by atoms with Crippen LogP contribution in [0.3, 0.4) is 0 Å². The minimum Gasteiger partial charge on any atom is -0.373 e. The fourth-order valence-electron chi connectivity index (χ4n) is 2.09. The minimum absolute atomic E-state index is 0.231. The van der Waals surface area contributed by atoms with Crippen LogP contribution in [0.1, 0.15) is 30.1 Å². The van der Waals surface area contributed by atoms with Gasteiger partial charge in [-0.3, -0.25) is 0 Å². The highest BCUT2D eigenvalue weighted by molar-refractivity contribution is 5.62. The molecule has 1 aliphatic carbocycles. The van der Waals surface area contributed by atoms with E-state index in [9.17, 15) is 4.39 Å². The van der Waals surface area contributed by atoms with Gasteiger partial charge >= 0.3 is 0 Å². The molecular formula is C15H17FN4. The van der Waals surface area contributed by atoms with E-state index in [1.54, 1.807) is 6.07 Å². The highest BCUT2D eigenvalue weighted by Crippen LogP contribution is 2.39. The number of aryl methyl sites for hydroxylation is 1. The van der Waals surface area contributed by atoms with E-state index in [1.165, 1.54) is 12.1 Å². The summed E-state index contributed by atoms with van der Waals surface area (Å²) in [6.45, 7) is 1.87. The molecule has 2 N–H and O–H groups in total. The van der Waals surface area contributed by atoms with Gasteiger partial charge in [-0.15, -0.1) is 0 Å². The molecule has 0 amide bonds. The van der Waals surface area contributed by atoms with Gasteiger partial charge in [-0.25, -0.2) is 14.4 Å². The number of benzene rings is 1. The van der Waals surface area contributed by atoms with Gasteiger partial charge < -0.3 is 10.6 Å². The van der Waals surface area contributed by atoms with E-state index < -0.39 is 0 Å². The van der Waals surface area contributed by atoms with Gasteiger partial charge in [0.1, 0.15) is 23.3 Å². The van der Waals surface area contributed by atoms with Crippen molar-refractivity contribution in [3.05, 3.63) is 41.5 Å². The van der Waals surface area contributed by atoms with Gasteiger partial charge in [0.2, 0.25) is 0 Å². The highest BCUT2D eigenvalue weighted by atomic mass is 19.1. The molecule has 3 rings (SSSR count). The molecular weight excluding hydrogens is 255 g/mol. The van der Waals surface area contributed by atoms with Crippen LogP contribution in [0.2, 0.25) is 0 Å². The SMILES string of the molecule is CNc1cc(Nc2ccc(F)cc2C)nc(C2CC2)n1. The molecule has 0 spiro atoms. The summed E-state index contributed by atoms with van der Waals surface area (Å²) < 4.78 is 13.1. The lowest BCUT2D eigenvalue weighted by molar-refractivity contribution is 0.627. The maximum Gasteiger partial charge on any atom is 0.136 e. The number of halogens is 1. The average molecular weight is 272 g/mol. The fourth-order valence-corrected chi connectivity index (χ4v) is 2.09. The Morgan fingerprint density at radius 2 is 1.90 bits per heavy atom. The topological polar surface area (TPSA) is 49.8 Å². The minimum atomic E-state index is -0.231. The van der Waals surface area contributed by atoms with E-state index in [2.05, 4.69) is 20.6 Å². The first kappa shape index (κ1) is 12.8. The summed E-state index contributed by atoms with van der Waals surface area (Å²) in [6, 6.07) is 6.53. The van der Waals surface area contributed by atoms with E-state index in [-0.39, 0.29) is 5.82 Å². The Morgan fingerprint density at radius 1 is 1.15 bits per heavy atom. The maximum atomic E-state index is 13.1. The highest BCUT2D eigenvalue weighted by Gasteiger charge is 2.27. The van der Waals surface area contributed by atoms with Gasteiger partial charge in [-0.05, 0) is 43.5 Å². The second-order valence-electron chi connectivity index (χ2n) is 5.11. The summed E-state index contributed by atoms with van der Waals surface area (Å²) >= 11 is 0. The largest absolute Gasteiger partial charge is 0.373 e. The molecule has 1 aromatic carbocycles. The summed E-state index contributed by atoms with van der Waals surface area (Å²) in [4.78, 5) is 9.02. The van der Waals surface area contributed by atoms with E-state index in [4.69, 9.17) is 0 Å². The number of aromatic nitrogens is 2. The second-order valence-corrected chi connectivity index (χ2v) is 5.11. The predicted molar refractivity (Wildman–Crippen MR) is 78.0 cm³/mol. The van der Waals surface area contributed by atoms with Crippen molar-refractivity contribution in [1.82, 2.24) is 9.97 Å². The summed E-state index contributed by atoms with van der Waals surface area (Å²) in [6.07, 6.45) is 2.31. The molecule has 1 heterocycles. The monoisotopic (exact) mass is 272 g/mol. The second kappa shape index (κ2) is 5.07. The normalized spacial score (nSPS) is 14.2. The Hall–Kier alpha value is -2.17. The van der Waals surface area contributed by atoms with Crippen molar-refractivity contribution in [2.45, 2.75) is 25.7 Å². The number of hydrogen-bond donors (Lipinski definition) is 2. The molecule has 0 bridgehead atoms. The number of nitrogens with zero attached hydrogens (tertiary/aromatic N) is 2. The molecule has 0 unspecified atom stereocenters. The standard InChI is InChI=1S/C15H17FN4/c1-9-7-11(16)5-6-12(9)18-14-8-13(17-2)19-15(20-14)10-3-4-10/h5-8,10H,3-4H2,1-2H3,(H2,17,18,19,20). The fraction of sp³-hybridized carbons (Fsp3) is 0.333. The first-order valence-corrected chi connectivity index (χ1v) is 6.75. The van der Waals surface area contributed by atoms with Gasteiger partial charge in [-0.2, -0.15) is 0 Å². The van der Waals surface area contributed by atoms with Crippen LogP contribution in [0, 0.1) is 12.7 Å². The molecule has 5 heteroatoms. The average Bonchev–Trinajstić information content (AvgIpc) is 3.26.